The number of aliphatic imine (C=N–C) groups is 1. The molecular weight excluding hydrogens is 286 g/mol. The predicted molar refractivity (Wildman–Crippen MR) is 94.3 cm³/mol. The molecule has 2 aliphatic rings. The van der Waals surface area contributed by atoms with E-state index in [-0.39, 0.29) is 18.1 Å². The van der Waals surface area contributed by atoms with Crippen molar-refractivity contribution >= 4 is 17.3 Å². The number of ether oxygens (including phenoxy) is 1. The number of anilines is 2. The number of nitrogens with zero attached hydrogens (tertiary/aromatic N) is 2. The van der Waals surface area contributed by atoms with Crippen LogP contribution in [-0.4, -0.2) is 31.8 Å². The van der Waals surface area contributed by atoms with Gasteiger partial charge in [0.25, 0.3) is 0 Å². The van der Waals surface area contributed by atoms with Crippen LogP contribution in [0, 0.1) is 0 Å². The molecule has 0 aliphatic carbocycles. The fourth-order valence-electron chi connectivity index (χ4n) is 3.67. The van der Waals surface area contributed by atoms with Crippen LogP contribution < -0.4 is 10.2 Å². The van der Waals surface area contributed by atoms with E-state index in [0.717, 1.165) is 11.6 Å². The van der Waals surface area contributed by atoms with Crippen LogP contribution in [0.4, 0.5) is 11.4 Å². The Morgan fingerprint density at radius 2 is 1.83 bits per heavy atom. The quantitative estimate of drug-likeness (QED) is 0.923. The standard InChI is InChI=1S/C19H21N3O/c1-3-23-19-16(13-9-5-4-6-10-13)17-18(21-19)20-14-11-7-8-12-15(14)22(17)2/h4-12,16-18,20H,3H2,1-2H3/t16-,17-,18+/m1/s1. The molecule has 0 unspecified atom stereocenters. The Kier molecular flexibility index (Phi) is 3.45. The van der Waals surface area contributed by atoms with Crippen LogP contribution in [-0.2, 0) is 4.74 Å². The first kappa shape index (κ1) is 14.1. The number of fused-ring (bicyclic) bond motifs is 2. The van der Waals surface area contributed by atoms with Crippen LogP contribution >= 0.6 is 0 Å². The smallest absolute Gasteiger partial charge is 0.195 e. The number of nitrogens with one attached hydrogen (secondary N) is 1. The van der Waals surface area contributed by atoms with Gasteiger partial charge < -0.3 is 15.0 Å². The van der Waals surface area contributed by atoms with Crippen molar-refractivity contribution in [1.29, 1.82) is 0 Å². The lowest BCUT2D eigenvalue weighted by atomic mass is 9.89. The monoisotopic (exact) mass is 307 g/mol. The second kappa shape index (κ2) is 5.61. The zero-order chi connectivity index (χ0) is 15.8. The normalized spacial score (nSPS) is 25.2. The maximum atomic E-state index is 5.89. The molecule has 2 aliphatic heterocycles. The van der Waals surface area contributed by atoms with E-state index in [2.05, 4.69) is 65.8 Å². The number of hydrogen-bond donors (Lipinski definition) is 1. The molecule has 0 radical (unpaired) electrons. The second-order valence-corrected chi connectivity index (χ2v) is 6.00. The van der Waals surface area contributed by atoms with Crippen LogP contribution in [0.1, 0.15) is 18.4 Å². The summed E-state index contributed by atoms with van der Waals surface area (Å²) >= 11 is 0. The second-order valence-electron chi connectivity index (χ2n) is 6.00. The lowest BCUT2D eigenvalue weighted by Gasteiger charge is -2.40. The minimum Gasteiger partial charge on any atom is -0.481 e. The molecule has 0 fully saturated rings. The third-order valence-electron chi connectivity index (χ3n) is 4.68. The van der Waals surface area contributed by atoms with Gasteiger partial charge in [-0.15, -0.1) is 0 Å². The number of hydrogen-bond acceptors (Lipinski definition) is 4. The Hall–Kier alpha value is -2.49. The Balaban J connectivity index is 1.78. The molecule has 0 saturated carbocycles. The number of para-hydroxylation sites is 2. The summed E-state index contributed by atoms with van der Waals surface area (Å²) in [5.41, 5.74) is 3.59. The van der Waals surface area contributed by atoms with Gasteiger partial charge in [0.05, 0.1) is 29.9 Å². The van der Waals surface area contributed by atoms with Crippen molar-refractivity contribution in [3.63, 3.8) is 0 Å². The van der Waals surface area contributed by atoms with Crippen LogP contribution in [0.5, 0.6) is 0 Å². The molecule has 3 atom stereocenters. The lowest BCUT2D eigenvalue weighted by molar-refractivity contribution is 0.313. The molecule has 4 nitrogen and oxygen atoms in total. The van der Waals surface area contributed by atoms with Crippen molar-refractivity contribution in [2.45, 2.75) is 25.0 Å². The number of likely N-dealkylation sites (N-methyl/N-ethyl adjacent to an activating group) is 1. The topological polar surface area (TPSA) is 36.9 Å². The fraction of sp³-hybridized carbons (Fsp3) is 0.316. The Morgan fingerprint density at radius 3 is 2.61 bits per heavy atom. The van der Waals surface area contributed by atoms with Gasteiger partial charge in [0, 0.05) is 7.05 Å². The van der Waals surface area contributed by atoms with Gasteiger partial charge >= 0.3 is 0 Å². The van der Waals surface area contributed by atoms with Crippen molar-refractivity contribution in [2.24, 2.45) is 4.99 Å². The van der Waals surface area contributed by atoms with E-state index in [0.29, 0.717) is 6.61 Å². The summed E-state index contributed by atoms with van der Waals surface area (Å²) < 4.78 is 5.89. The summed E-state index contributed by atoms with van der Waals surface area (Å²) in [5.74, 6) is 0.980. The molecule has 0 saturated heterocycles. The van der Waals surface area contributed by atoms with Gasteiger partial charge in [-0.1, -0.05) is 42.5 Å². The largest absolute Gasteiger partial charge is 0.481 e. The average molecular weight is 307 g/mol. The highest BCUT2D eigenvalue weighted by molar-refractivity contribution is 5.90. The molecule has 2 aromatic carbocycles. The van der Waals surface area contributed by atoms with Gasteiger partial charge in [0.2, 0.25) is 0 Å². The van der Waals surface area contributed by atoms with Gasteiger partial charge in [0.1, 0.15) is 6.17 Å². The highest BCUT2D eigenvalue weighted by atomic mass is 16.5. The zero-order valence-corrected chi connectivity index (χ0v) is 13.4. The molecule has 118 valence electrons. The Bertz CT molecular complexity index is 728. The molecular formula is C19H21N3O. The van der Waals surface area contributed by atoms with Crippen LogP contribution in [0.15, 0.2) is 59.6 Å². The van der Waals surface area contributed by atoms with Crippen molar-refractivity contribution in [1.82, 2.24) is 0 Å². The molecule has 2 heterocycles. The van der Waals surface area contributed by atoms with Gasteiger partial charge in [-0.2, -0.15) is 0 Å². The molecule has 0 aromatic heterocycles. The summed E-state index contributed by atoms with van der Waals surface area (Å²) in [6.45, 7) is 2.65. The lowest BCUT2D eigenvalue weighted by Crippen LogP contribution is -2.49. The predicted octanol–water partition coefficient (Wildman–Crippen LogP) is 3.48. The maximum absolute atomic E-state index is 5.89. The Morgan fingerprint density at radius 1 is 1.09 bits per heavy atom. The van der Waals surface area contributed by atoms with Crippen LogP contribution in [0.2, 0.25) is 0 Å². The van der Waals surface area contributed by atoms with Crippen molar-refractivity contribution < 1.29 is 4.74 Å². The van der Waals surface area contributed by atoms with E-state index < -0.39 is 0 Å². The number of rotatable bonds is 2. The average Bonchev–Trinajstić information content (AvgIpc) is 2.94. The third-order valence-corrected chi connectivity index (χ3v) is 4.68. The molecule has 0 amide bonds. The first-order valence-electron chi connectivity index (χ1n) is 8.13. The molecule has 2 aromatic rings. The van der Waals surface area contributed by atoms with Crippen molar-refractivity contribution in [3.05, 3.63) is 60.2 Å². The van der Waals surface area contributed by atoms with Gasteiger partial charge in [-0.05, 0) is 24.6 Å². The third kappa shape index (κ3) is 2.25. The fourth-order valence-corrected chi connectivity index (χ4v) is 3.67. The maximum Gasteiger partial charge on any atom is 0.195 e. The van der Waals surface area contributed by atoms with Crippen molar-refractivity contribution in [3.8, 4) is 0 Å². The highest BCUT2D eigenvalue weighted by Crippen LogP contribution is 2.42. The SMILES string of the molecule is CCOC1=N[C@@H]2Nc3ccccc3N(C)[C@@H]2[C@H]1c1ccccc1. The van der Waals surface area contributed by atoms with E-state index in [1.165, 1.54) is 11.3 Å². The molecule has 23 heavy (non-hydrogen) atoms. The van der Waals surface area contributed by atoms with Gasteiger partial charge in [-0.25, -0.2) is 4.99 Å². The van der Waals surface area contributed by atoms with Gasteiger partial charge in [-0.3, -0.25) is 0 Å². The van der Waals surface area contributed by atoms with E-state index in [9.17, 15) is 0 Å². The van der Waals surface area contributed by atoms with E-state index in [1.807, 2.05) is 13.0 Å². The molecule has 0 spiro atoms. The Labute approximate surface area is 136 Å². The van der Waals surface area contributed by atoms with E-state index in [4.69, 9.17) is 9.73 Å². The summed E-state index contributed by atoms with van der Waals surface area (Å²) in [4.78, 5) is 7.19. The summed E-state index contributed by atoms with van der Waals surface area (Å²) in [5, 5.41) is 3.57. The molecule has 4 heteroatoms. The highest BCUT2D eigenvalue weighted by Gasteiger charge is 2.46. The van der Waals surface area contributed by atoms with E-state index >= 15 is 0 Å². The van der Waals surface area contributed by atoms with Crippen LogP contribution in [0.25, 0.3) is 0 Å². The van der Waals surface area contributed by atoms with Crippen molar-refractivity contribution in [2.75, 3.05) is 23.9 Å². The summed E-state index contributed by atoms with van der Waals surface area (Å²) in [6.07, 6.45) is 0.0154. The summed E-state index contributed by atoms with van der Waals surface area (Å²) in [6, 6.07) is 19.1. The zero-order valence-electron chi connectivity index (χ0n) is 13.4. The number of benzene rings is 2. The first-order valence-corrected chi connectivity index (χ1v) is 8.13. The minimum atomic E-state index is 0.0154. The van der Waals surface area contributed by atoms with Gasteiger partial charge in [0.15, 0.2) is 5.90 Å². The molecule has 1 N–H and O–H groups in total. The minimum absolute atomic E-state index is 0.0154. The summed E-state index contributed by atoms with van der Waals surface area (Å²) in [7, 11) is 2.15. The van der Waals surface area contributed by atoms with Crippen LogP contribution in [0.3, 0.4) is 0 Å². The first-order chi connectivity index (χ1) is 11.3. The molecule has 0 bridgehead atoms. The van der Waals surface area contributed by atoms with E-state index in [1.54, 1.807) is 0 Å². The molecule has 4 rings (SSSR count).